The lowest BCUT2D eigenvalue weighted by Crippen LogP contribution is -2.26. The Bertz CT molecular complexity index is 229. The monoisotopic (exact) mass is 272 g/mol. The smallest absolute Gasteiger partial charge is 0.457 e. The van der Waals surface area contributed by atoms with Gasteiger partial charge in [-0.25, -0.2) is 4.79 Å². The minimum absolute atomic E-state index is 0.0740. The van der Waals surface area contributed by atoms with Crippen molar-refractivity contribution in [2.45, 2.75) is 26.4 Å². The summed E-state index contributed by atoms with van der Waals surface area (Å²) in [7, 11) is 0. The van der Waals surface area contributed by atoms with Crippen LogP contribution in [0.2, 0.25) is 0 Å². The van der Waals surface area contributed by atoms with Crippen LogP contribution in [0.15, 0.2) is 0 Å². The third-order valence-electron chi connectivity index (χ3n) is 1.90. The van der Waals surface area contributed by atoms with Crippen molar-refractivity contribution >= 4 is 5.97 Å². The van der Waals surface area contributed by atoms with Crippen LogP contribution in [0.3, 0.4) is 0 Å². The first-order chi connectivity index (χ1) is 8.34. The van der Waals surface area contributed by atoms with Gasteiger partial charge in [0.25, 0.3) is 0 Å². The predicted molar refractivity (Wildman–Crippen MR) is 58.1 cm³/mol. The second-order valence-electron chi connectivity index (χ2n) is 4.04. The molecule has 0 heterocycles. The molecule has 0 aliphatic carbocycles. The molecule has 0 amide bonds. The molecule has 0 fully saturated rings. The fraction of sp³-hybridized carbons (Fsp3) is 0.909. The van der Waals surface area contributed by atoms with Gasteiger partial charge in [-0.05, 0) is 12.3 Å². The van der Waals surface area contributed by atoms with Crippen LogP contribution in [0.5, 0.6) is 0 Å². The van der Waals surface area contributed by atoms with E-state index in [2.05, 4.69) is 18.6 Å². The normalized spacial score (nSPS) is 11.9. The molecule has 108 valence electrons. The zero-order valence-electron chi connectivity index (χ0n) is 10.6. The maximum Gasteiger partial charge on any atom is 0.490 e. The van der Waals surface area contributed by atoms with Crippen LogP contribution in [0.4, 0.5) is 13.2 Å². The van der Waals surface area contributed by atoms with Crippen molar-refractivity contribution < 1.29 is 32.2 Å². The molecular formula is C11H19F3O4. The lowest BCUT2D eigenvalue weighted by Gasteiger charge is -2.08. The predicted octanol–water partition coefficient (Wildman–Crippen LogP) is 2.17. The summed E-state index contributed by atoms with van der Waals surface area (Å²) in [6.45, 7) is 4.94. The van der Waals surface area contributed by atoms with E-state index in [0.717, 1.165) is 6.42 Å². The summed E-state index contributed by atoms with van der Waals surface area (Å²) >= 11 is 0. The third kappa shape index (κ3) is 10.3. The van der Waals surface area contributed by atoms with Crippen LogP contribution in [0, 0.1) is 5.92 Å². The van der Waals surface area contributed by atoms with Crippen molar-refractivity contribution in [1.82, 2.24) is 0 Å². The largest absolute Gasteiger partial charge is 0.490 e. The highest BCUT2D eigenvalue weighted by Gasteiger charge is 2.40. The van der Waals surface area contributed by atoms with Gasteiger partial charge in [0, 0.05) is 6.61 Å². The van der Waals surface area contributed by atoms with Gasteiger partial charge in [0.15, 0.2) is 0 Å². The molecule has 18 heavy (non-hydrogen) atoms. The molecule has 0 aliphatic heterocycles. The number of alkyl halides is 3. The second kappa shape index (κ2) is 9.16. The SMILES string of the molecule is CC(C)CCOCCOCCOC(=O)C(F)(F)F. The molecule has 4 nitrogen and oxygen atoms in total. The Labute approximate surface area is 104 Å². The van der Waals surface area contributed by atoms with Crippen LogP contribution in [-0.4, -0.2) is 45.2 Å². The van der Waals surface area contributed by atoms with Gasteiger partial charge in [0.1, 0.15) is 6.61 Å². The summed E-state index contributed by atoms with van der Waals surface area (Å²) in [4.78, 5) is 10.3. The highest BCUT2D eigenvalue weighted by atomic mass is 19.4. The summed E-state index contributed by atoms with van der Waals surface area (Å²) in [5, 5.41) is 0. The lowest BCUT2D eigenvalue weighted by atomic mass is 10.1. The molecule has 0 unspecified atom stereocenters. The number of hydrogen-bond donors (Lipinski definition) is 0. The number of ether oxygens (including phenoxy) is 3. The number of hydrogen-bond acceptors (Lipinski definition) is 4. The quantitative estimate of drug-likeness (QED) is 0.476. The minimum atomic E-state index is -4.94. The summed E-state index contributed by atoms with van der Waals surface area (Å²) in [6.07, 6.45) is -4.00. The first-order valence-corrected chi connectivity index (χ1v) is 5.73. The molecule has 0 N–H and O–H groups in total. The van der Waals surface area contributed by atoms with Crippen LogP contribution in [0.25, 0.3) is 0 Å². The number of rotatable bonds is 9. The van der Waals surface area contributed by atoms with Gasteiger partial charge < -0.3 is 14.2 Å². The highest BCUT2D eigenvalue weighted by Crippen LogP contribution is 2.16. The third-order valence-corrected chi connectivity index (χ3v) is 1.90. The van der Waals surface area contributed by atoms with E-state index >= 15 is 0 Å². The zero-order chi connectivity index (χ0) is 14.0. The first-order valence-electron chi connectivity index (χ1n) is 5.73. The molecule has 7 heteroatoms. The van der Waals surface area contributed by atoms with E-state index in [1.54, 1.807) is 0 Å². The Hall–Kier alpha value is -0.820. The van der Waals surface area contributed by atoms with E-state index < -0.39 is 18.8 Å². The number of halogens is 3. The molecule has 0 aromatic rings. The molecule has 0 saturated carbocycles. The Morgan fingerprint density at radius 1 is 1.00 bits per heavy atom. The summed E-state index contributed by atoms with van der Waals surface area (Å²) in [5.74, 6) is -1.63. The topological polar surface area (TPSA) is 44.8 Å². The van der Waals surface area contributed by atoms with Gasteiger partial charge >= 0.3 is 12.1 Å². The van der Waals surface area contributed by atoms with E-state index in [1.165, 1.54) is 0 Å². The number of carbonyl (C=O) groups is 1. The number of carbonyl (C=O) groups excluding carboxylic acids is 1. The Morgan fingerprint density at radius 3 is 2.00 bits per heavy atom. The van der Waals surface area contributed by atoms with Gasteiger partial charge in [-0.2, -0.15) is 13.2 Å². The van der Waals surface area contributed by atoms with Crippen LogP contribution >= 0.6 is 0 Å². The Kier molecular flexibility index (Phi) is 8.74. The van der Waals surface area contributed by atoms with Gasteiger partial charge in [0.2, 0.25) is 0 Å². The van der Waals surface area contributed by atoms with E-state index in [9.17, 15) is 18.0 Å². The van der Waals surface area contributed by atoms with Gasteiger partial charge in [0.05, 0.1) is 19.8 Å². The van der Waals surface area contributed by atoms with Gasteiger partial charge in [-0.1, -0.05) is 13.8 Å². The van der Waals surface area contributed by atoms with Crippen LogP contribution < -0.4 is 0 Å². The molecular weight excluding hydrogens is 253 g/mol. The van der Waals surface area contributed by atoms with E-state index in [1.807, 2.05) is 0 Å². The molecule has 0 rings (SSSR count). The van der Waals surface area contributed by atoms with Gasteiger partial charge in [-0.15, -0.1) is 0 Å². The summed E-state index contributed by atoms with van der Waals surface area (Å²) < 4.78 is 49.2. The summed E-state index contributed by atoms with van der Waals surface area (Å²) in [6, 6.07) is 0. The number of esters is 1. The molecule has 0 spiro atoms. The van der Waals surface area contributed by atoms with Crippen LogP contribution in [-0.2, 0) is 19.0 Å². The van der Waals surface area contributed by atoms with Gasteiger partial charge in [-0.3, -0.25) is 0 Å². The highest BCUT2D eigenvalue weighted by molar-refractivity contribution is 5.75. The average molecular weight is 272 g/mol. The Balaban J connectivity index is 3.24. The van der Waals surface area contributed by atoms with E-state index in [-0.39, 0.29) is 13.2 Å². The summed E-state index contributed by atoms with van der Waals surface area (Å²) in [5.41, 5.74) is 0. The van der Waals surface area contributed by atoms with Crippen molar-refractivity contribution in [1.29, 1.82) is 0 Å². The fourth-order valence-electron chi connectivity index (χ4n) is 0.916. The second-order valence-corrected chi connectivity index (χ2v) is 4.04. The van der Waals surface area contributed by atoms with Crippen molar-refractivity contribution in [2.75, 3.05) is 33.0 Å². The molecule has 0 aromatic carbocycles. The lowest BCUT2D eigenvalue weighted by molar-refractivity contribution is -0.200. The fourth-order valence-corrected chi connectivity index (χ4v) is 0.916. The van der Waals surface area contributed by atoms with E-state index in [4.69, 9.17) is 9.47 Å². The van der Waals surface area contributed by atoms with Crippen molar-refractivity contribution in [3.8, 4) is 0 Å². The molecule has 0 bridgehead atoms. The van der Waals surface area contributed by atoms with Crippen molar-refractivity contribution in [3.05, 3.63) is 0 Å². The van der Waals surface area contributed by atoms with Crippen molar-refractivity contribution in [3.63, 3.8) is 0 Å². The van der Waals surface area contributed by atoms with Crippen LogP contribution in [0.1, 0.15) is 20.3 Å². The molecule has 0 aliphatic rings. The van der Waals surface area contributed by atoms with Crippen molar-refractivity contribution in [2.24, 2.45) is 5.92 Å². The molecule has 0 aromatic heterocycles. The average Bonchev–Trinajstić information content (AvgIpc) is 2.24. The molecule has 0 atom stereocenters. The maximum absolute atomic E-state index is 11.7. The molecule has 0 radical (unpaired) electrons. The Morgan fingerprint density at radius 2 is 1.50 bits per heavy atom. The first kappa shape index (κ1) is 17.2. The maximum atomic E-state index is 11.7. The minimum Gasteiger partial charge on any atom is -0.457 e. The zero-order valence-corrected chi connectivity index (χ0v) is 10.6. The standard InChI is InChI=1S/C11H19F3O4/c1-9(2)3-4-16-5-6-17-7-8-18-10(15)11(12,13)14/h9H,3-8H2,1-2H3. The van der Waals surface area contributed by atoms with E-state index in [0.29, 0.717) is 19.1 Å². The molecule has 0 saturated heterocycles.